The number of carbonyl (C=O) groups is 7. The number of fused-ring (bicyclic) bond motifs is 1. The van der Waals surface area contributed by atoms with E-state index in [1.165, 1.54) is 4.90 Å². The Bertz CT molecular complexity index is 2670. The second kappa shape index (κ2) is 27.6. The quantitative estimate of drug-likeness (QED) is 0.0322. The third-order valence-electron chi connectivity index (χ3n) is 11.9. The van der Waals surface area contributed by atoms with Gasteiger partial charge in [-0.05, 0) is 102 Å². The van der Waals surface area contributed by atoms with Crippen molar-refractivity contribution in [1.82, 2.24) is 36.5 Å². The number of ether oxygens (including phenoxy) is 2. The van der Waals surface area contributed by atoms with Gasteiger partial charge in [-0.1, -0.05) is 109 Å². The Balaban J connectivity index is 1.42. The van der Waals surface area contributed by atoms with E-state index in [2.05, 4.69) is 31.6 Å². The number of aromatic nitrogens is 1. The Morgan fingerprint density at radius 1 is 0.640 bits per heavy atom. The van der Waals surface area contributed by atoms with Crippen molar-refractivity contribution in [2.24, 2.45) is 5.73 Å². The molecular weight excluding hydrogens is 957 g/mol. The number of nitrogens with one attached hydrogen (secondary N) is 6. The number of amides is 6. The summed E-state index contributed by atoms with van der Waals surface area (Å²) in [6, 6.07) is 27.9. The van der Waals surface area contributed by atoms with Gasteiger partial charge in [0.25, 0.3) is 0 Å². The minimum atomic E-state index is -1.45. The van der Waals surface area contributed by atoms with E-state index < -0.39 is 95.7 Å². The summed E-state index contributed by atoms with van der Waals surface area (Å²) in [5.41, 5.74) is 8.67. The first-order valence-corrected chi connectivity index (χ1v) is 25.3. The van der Waals surface area contributed by atoms with Crippen LogP contribution in [-0.2, 0) is 64.0 Å². The normalized spacial score (nSPS) is 14.0. The summed E-state index contributed by atoms with van der Waals surface area (Å²) in [6.07, 6.45) is 1.11. The molecule has 0 aliphatic rings. The largest absolute Gasteiger partial charge is 0.480 e. The van der Waals surface area contributed by atoms with Crippen LogP contribution >= 0.6 is 0 Å². The fourth-order valence-corrected chi connectivity index (χ4v) is 8.44. The lowest BCUT2D eigenvalue weighted by Gasteiger charge is -2.33. The van der Waals surface area contributed by atoms with Crippen LogP contribution in [0.25, 0.3) is 10.9 Å². The SMILES string of the molecule is C[C@@H](OC(C)(C)C)[C@H](NC(=O)[C@H](CCCCNC(=O)OC(C)(C)C)NC(=O)[C@H](N)Cc1c[nH]c2ccccc12)C(=O)N[C@@H](Cc1ccccc1)C(=O)N(CC(=O)N[C@@H](Cc1ccccc1)C(=O)O)Cc1ccccc1. The summed E-state index contributed by atoms with van der Waals surface area (Å²) < 4.78 is 11.6. The molecule has 6 atom stereocenters. The van der Waals surface area contributed by atoms with Crippen LogP contribution in [0.5, 0.6) is 0 Å². The van der Waals surface area contributed by atoms with E-state index in [9.17, 15) is 33.9 Å². The van der Waals surface area contributed by atoms with Crippen molar-refractivity contribution in [3.8, 4) is 0 Å². The molecule has 1 aromatic heterocycles. The van der Waals surface area contributed by atoms with Gasteiger partial charge in [-0.2, -0.15) is 0 Å². The van der Waals surface area contributed by atoms with Crippen molar-refractivity contribution >= 4 is 52.5 Å². The van der Waals surface area contributed by atoms with E-state index >= 15 is 4.79 Å². The third kappa shape index (κ3) is 19.7. The monoisotopic (exact) mass is 1030 g/mol. The average molecular weight is 1030 g/mol. The minimum Gasteiger partial charge on any atom is -0.480 e. The third-order valence-corrected chi connectivity index (χ3v) is 11.9. The zero-order chi connectivity index (χ0) is 54.7. The summed E-state index contributed by atoms with van der Waals surface area (Å²) in [7, 11) is 0. The summed E-state index contributed by atoms with van der Waals surface area (Å²) >= 11 is 0. The number of nitrogens with zero attached hydrogens (tertiary/aromatic N) is 1. The van der Waals surface area contributed by atoms with Crippen molar-refractivity contribution in [2.45, 2.75) is 141 Å². The number of unbranched alkanes of at least 4 members (excludes halogenated alkanes) is 1. The molecule has 9 N–H and O–H groups in total. The van der Waals surface area contributed by atoms with E-state index in [0.29, 0.717) is 29.5 Å². The number of nitrogens with two attached hydrogens (primary N) is 1. The fourth-order valence-electron chi connectivity index (χ4n) is 8.44. The number of hydrogen-bond acceptors (Lipinski definition) is 10. The molecule has 6 amide bonds. The number of alkyl carbamates (subject to hydrolysis) is 1. The molecule has 0 fully saturated rings. The van der Waals surface area contributed by atoms with E-state index in [-0.39, 0.29) is 38.8 Å². The van der Waals surface area contributed by atoms with E-state index in [1.807, 2.05) is 24.3 Å². The molecule has 0 aliphatic heterocycles. The maximum atomic E-state index is 15.0. The fraction of sp³-hybridized carbons (Fsp3) is 0.421. The molecule has 5 aromatic rings. The lowest BCUT2D eigenvalue weighted by Crippen LogP contribution is -2.62. The second-order valence-corrected chi connectivity index (χ2v) is 20.7. The highest BCUT2D eigenvalue weighted by Gasteiger charge is 2.37. The van der Waals surface area contributed by atoms with Gasteiger partial charge >= 0.3 is 12.1 Å². The summed E-state index contributed by atoms with van der Waals surface area (Å²) in [6.45, 7) is 11.8. The molecule has 0 saturated carbocycles. The van der Waals surface area contributed by atoms with Crippen LogP contribution in [0.3, 0.4) is 0 Å². The number of aliphatic carboxylic acids is 1. The lowest BCUT2D eigenvalue weighted by molar-refractivity contribution is -0.145. The highest BCUT2D eigenvalue weighted by Crippen LogP contribution is 2.20. The molecule has 4 aromatic carbocycles. The molecule has 18 heteroatoms. The van der Waals surface area contributed by atoms with Gasteiger partial charge in [-0.15, -0.1) is 0 Å². The maximum Gasteiger partial charge on any atom is 0.407 e. The Hall–Kier alpha value is -7.57. The number of hydrogen-bond donors (Lipinski definition) is 8. The molecule has 18 nitrogen and oxygen atoms in total. The van der Waals surface area contributed by atoms with Gasteiger partial charge < -0.3 is 56.8 Å². The highest BCUT2D eigenvalue weighted by molar-refractivity contribution is 5.96. The van der Waals surface area contributed by atoms with Gasteiger partial charge in [0.1, 0.15) is 29.8 Å². The molecule has 1 heterocycles. The molecule has 402 valence electrons. The Morgan fingerprint density at radius 3 is 1.79 bits per heavy atom. The molecule has 0 unspecified atom stereocenters. The zero-order valence-electron chi connectivity index (χ0n) is 44.0. The van der Waals surface area contributed by atoms with Gasteiger partial charge in [-0.3, -0.25) is 24.0 Å². The van der Waals surface area contributed by atoms with Gasteiger partial charge in [0.2, 0.25) is 29.5 Å². The summed E-state index contributed by atoms with van der Waals surface area (Å²) in [5.74, 6) is -4.80. The summed E-state index contributed by atoms with van der Waals surface area (Å²) in [4.78, 5) is 102. The van der Waals surface area contributed by atoms with Crippen LogP contribution in [0.4, 0.5) is 4.79 Å². The van der Waals surface area contributed by atoms with Crippen molar-refractivity contribution in [1.29, 1.82) is 0 Å². The number of H-pyrrole nitrogens is 1. The Morgan fingerprint density at radius 2 is 1.20 bits per heavy atom. The topological polar surface area (TPSA) is 263 Å². The molecule has 5 rings (SSSR count). The van der Waals surface area contributed by atoms with Crippen LogP contribution in [0.15, 0.2) is 121 Å². The predicted molar refractivity (Wildman–Crippen MR) is 286 cm³/mol. The Kier molecular flexibility index (Phi) is 21.5. The molecular formula is C57H74N8O10. The van der Waals surface area contributed by atoms with Crippen molar-refractivity contribution in [2.75, 3.05) is 13.1 Å². The predicted octanol–water partition coefficient (Wildman–Crippen LogP) is 5.47. The molecule has 0 radical (unpaired) electrons. The molecule has 75 heavy (non-hydrogen) atoms. The van der Waals surface area contributed by atoms with E-state index in [0.717, 1.165) is 16.5 Å². The van der Waals surface area contributed by atoms with Crippen LogP contribution in [0, 0.1) is 0 Å². The van der Waals surface area contributed by atoms with Crippen molar-refractivity contribution in [3.05, 3.63) is 144 Å². The first kappa shape index (κ1) is 58.3. The average Bonchev–Trinajstić information content (AvgIpc) is 3.76. The lowest BCUT2D eigenvalue weighted by atomic mass is 10.0. The summed E-state index contributed by atoms with van der Waals surface area (Å²) in [5, 5.41) is 24.8. The highest BCUT2D eigenvalue weighted by atomic mass is 16.6. The number of carboxylic acids is 1. The standard InChI is InChI=1S/C57H74N8O10/c1-37(74-56(2,3)4)49(64-51(68)45(29-19-20-30-59-55(73)75-57(5,6)7)62-50(67)43(58)33-41-34-60-44-28-18-17-27-42(41)44)52(69)63-46(31-38-21-11-8-12-22-38)53(70)65(35-40-25-15-10-16-26-40)36-48(66)61-47(54(71)72)32-39-23-13-9-14-24-39/h8-18,21-28,34,37,43,45-47,49,60H,19-20,29-33,35-36,58H2,1-7H3,(H,59,73)(H,61,66)(H,62,67)(H,63,69)(H,64,68)(H,71,72)/t37-,43-,45+,46+,47+,49+/m1/s1. The molecule has 0 spiro atoms. The van der Waals surface area contributed by atoms with Crippen LogP contribution < -0.4 is 32.3 Å². The Labute approximate surface area is 439 Å². The van der Waals surface area contributed by atoms with E-state index in [1.54, 1.807) is 146 Å². The second-order valence-electron chi connectivity index (χ2n) is 20.7. The van der Waals surface area contributed by atoms with Gasteiger partial charge in [-0.25, -0.2) is 9.59 Å². The first-order chi connectivity index (χ1) is 35.5. The molecule has 0 aliphatic carbocycles. The van der Waals surface area contributed by atoms with Gasteiger partial charge in [0.05, 0.1) is 24.3 Å². The van der Waals surface area contributed by atoms with Crippen molar-refractivity contribution in [3.63, 3.8) is 0 Å². The van der Waals surface area contributed by atoms with Gasteiger partial charge in [0, 0.05) is 43.0 Å². The van der Waals surface area contributed by atoms with Crippen LogP contribution in [0.1, 0.15) is 90.0 Å². The van der Waals surface area contributed by atoms with E-state index in [4.69, 9.17) is 15.2 Å². The van der Waals surface area contributed by atoms with Crippen molar-refractivity contribution < 1.29 is 48.1 Å². The van der Waals surface area contributed by atoms with Gasteiger partial charge in [0.15, 0.2) is 0 Å². The maximum absolute atomic E-state index is 15.0. The smallest absolute Gasteiger partial charge is 0.407 e. The number of rotatable bonds is 26. The molecule has 0 saturated heterocycles. The number of carboxylic acid groups (broad SMARTS) is 1. The van der Waals surface area contributed by atoms with Crippen LogP contribution in [0.2, 0.25) is 0 Å². The molecule has 0 bridgehead atoms. The zero-order valence-corrected chi connectivity index (χ0v) is 44.0. The first-order valence-electron chi connectivity index (χ1n) is 25.3. The van der Waals surface area contributed by atoms with Crippen LogP contribution in [-0.4, -0.2) is 117 Å². The number of aromatic amines is 1. The number of carbonyl (C=O) groups excluding carboxylic acids is 6. The number of benzene rings is 4. The number of para-hydroxylation sites is 1. The minimum absolute atomic E-state index is 0.00315.